The normalized spacial score (nSPS) is 16.1. The summed E-state index contributed by atoms with van der Waals surface area (Å²) in [4.78, 5) is 23.6. The van der Waals surface area contributed by atoms with Crippen LogP contribution in [0.15, 0.2) is 21.9 Å². The number of hydrogen-bond donors (Lipinski definition) is 0. The molecule has 1 aliphatic rings. The zero-order valence-electron chi connectivity index (χ0n) is 9.69. The molecule has 88 valence electrons. The lowest BCUT2D eigenvalue weighted by atomic mass is 9.85. The van der Waals surface area contributed by atoms with Gasteiger partial charge in [-0.3, -0.25) is 9.36 Å². The van der Waals surface area contributed by atoms with Crippen molar-refractivity contribution in [2.75, 3.05) is 0 Å². The molecule has 1 aromatic heterocycles. The van der Waals surface area contributed by atoms with Crippen molar-refractivity contribution in [2.45, 2.75) is 45.7 Å². The highest BCUT2D eigenvalue weighted by atomic mass is 16.2. The summed E-state index contributed by atoms with van der Waals surface area (Å²) in [6, 6.07) is 1.50. The zero-order valence-corrected chi connectivity index (χ0v) is 9.69. The third kappa shape index (κ3) is 2.10. The number of nitrogens with zero attached hydrogens (tertiary/aromatic N) is 2. The summed E-state index contributed by atoms with van der Waals surface area (Å²) in [5.41, 5.74) is -0.314. The summed E-state index contributed by atoms with van der Waals surface area (Å²) in [6.45, 7) is 3.31. The van der Waals surface area contributed by atoms with Crippen molar-refractivity contribution in [2.24, 2.45) is 5.92 Å². The van der Waals surface area contributed by atoms with Crippen LogP contribution >= 0.6 is 0 Å². The Morgan fingerprint density at radius 3 is 2.69 bits per heavy atom. The average molecular weight is 222 g/mol. The predicted molar refractivity (Wildman–Crippen MR) is 62.6 cm³/mol. The number of aryl methyl sites for hydroxylation is 1. The van der Waals surface area contributed by atoms with Crippen molar-refractivity contribution in [3.63, 3.8) is 0 Å². The van der Waals surface area contributed by atoms with E-state index in [4.69, 9.17) is 0 Å². The molecule has 0 radical (unpaired) electrons. The van der Waals surface area contributed by atoms with Gasteiger partial charge in [0.2, 0.25) is 0 Å². The van der Waals surface area contributed by atoms with Crippen molar-refractivity contribution in [1.29, 1.82) is 0 Å². The van der Waals surface area contributed by atoms with E-state index in [0.29, 0.717) is 19.0 Å². The Labute approximate surface area is 94.5 Å². The maximum atomic E-state index is 12.0. The summed E-state index contributed by atoms with van der Waals surface area (Å²) in [7, 11) is 0. The molecule has 2 rings (SSSR count). The van der Waals surface area contributed by atoms with Crippen LogP contribution in [0.3, 0.4) is 0 Å². The predicted octanol–water partition coefficient (Wildman–Crippen LogP) is 1.22. The lowest BCUT2D eigenvalue weighted by Crippen LogP contribution is -2.41. The highest BCUT2D eigenvalue weighted by Crippen LogP contribution is 2.26. The molecule has 0 amide bonds. The van der Waals surface area contributed by atoms with E-state index in [1.54, 1.807) is 10.8 Å². The third-order valence-corrected chi connectivity index (χ3v) is 3.27. The average Bonchev–Trinajstić information content (AvgIpc) is 2.20. The van der Waals surface area contributed by atoms with E-state index < -0.39 is 0 Å². The fourth-order valence-electron chi connectivity index (χ4n) is 2.07. The van der Waals surface area contributed by atoms with E-state index in [-0.39, 0.29) is 11.2 Å². The highest BCUT2D eigenvalue weighted by molar-refractivity contribution is 4.87. The van der Waals surface area contributed by atoms with Crippen LogP contribution in [0, 0.1) is 5.92 Å². The molecule has 0 N–H and O–H groups in total. The van der Waals surface area contributed by atoms with Crippen LogP contribution in [0.1, 0.15) is 32.6 Å². The van der Waals surface area contributed by atoms with Gasteiger partial charge in [0.05, 0.1) is 0 Å². The first-order valence-electron chi connectivity index (χ1n) is 6.02. The van der Waals surface area contributed by atoms with Gasteiger partial charge >= 0.3 is 5.69 Å². The second kappa shape index (κ2) is 4.68. The van der Waals surface area contributed by atoms with Gasteiger partial charge in [-0.05, 0) is 25.2 Å². The van der Waals surface area contributed by atoms with Crippen molar-refractivity contribution in [1.82, 2.24) is 9.13 Å². The molecule has 0 bridgehead atoms. The summed E-state index contributed by atoms with van der Waals surface area (Å²) in [5, 5.41) is 0. The van der Waals surface area contributed by atoms with Gasteiger partial charge in [0.25, 0.3) is 5.56 Å². The number of aromatic nitrogens is 2. The van der Waals surface area contributed by atoms with Crippen molar-refractivity contribution in [3.05, 3.63) is 33.1 Å². The van der Waals surface area contributed by atoms with E-state index in [2.05, 4.69) is 0 Å². The SMILES string of the molecule is CCCn1ccc(=O)n(CC2CCC2)c1=O. The van der Waals surface area contributed by atoms with Crippen LogP contribution in [0.2, 0.25) is 0 Å². The Morgan fingerprint density at radius 1 is 1.38 bits per heavy atom. The molecule has 1 aromatic rings. The van der Waals surface area contributed by atoms with Crippen LogP contribution < -0.4 is 11.2 Å². The number of rotatable bonds is 4. The minimum absolute atomic E-state index is 0.152. The van der Waals surface area contributed by atoms with Gasteiger partial charge in [0, 0.05) is 25.4 Å². The quantitative estimate of drug-likeness (QED) is 0.768. The summed E-state index contributed by atoms with van der Waals surface area (Å²) in [5.74, 6) is 0.530. The van der Waals surface area contributed by atoms with Gasteiger partial charge in [-0.15, -0.1) is 0 Å². The monoisotopic (exact) mass is 222 g/mol. The molecule has 0 unspecified atom stereocenters. The van der Waals surface area contributed by atoms with Gasteiger partial charge in [-0.2, -0.15) is 0 Å². The van der Waals surface area contributed by atoms with Gasteiger partial charge in [0.15, 0.2) is 0 Å². The first-order valence-corrected chi connectivity index (χ1v) is 6.02. The van der Waals surface area contributed by atoms with Crippen LogP contribution in [-0.4, -0.2) is 9.13 Å². The third-order valence-electron chi connectivity index (χ3n) is 3.27. The van der Waals surface area contributed by atoms with E-state index in [9.17, 15) is 9.59 Å². The smallest absolute Gasteiger partial charge is 0.300 e. The molecular formula is C12H18N2O2. The van der Waals surface area contributed by atoms with Gasteiger partial charge in [-0.1, -0.05) is 13.3 Å². The van der Waals surface area contributed by atoms with E-state index in [1.165, 1.54) is 17.1 Å². The van der Waals surface area contributed by atoms with Gasteiger partial charge < -0.3 is 4.57 Å². The second-order valence-electron chi connectivity index (χ2n) is 4.54. The van der Waals surface area contributed by atoms with E-state index >= 15 is 0 Å². The molecule has 1 fully saturated rings. The molecule has 0 aromatic carbocycles. The molecule has 0 spiro atoms. The lowest BCUT2D eigenvalue weighted by Gasteiger charge is -2.25. The summed E-state index contributed by atoms with van der Waals surface area (Å²) in [6.07, 6.45) is 6.03. The molecule has 0 saturated heterocycles. The number of hydrogen-bond acceptors (Lipinski definition) is 2. The minimum atomic E-state index is -0.163. The molecule has 1 saturated carbocycles. The standard InChI is InChI=1S/C12H18N2O2/c1-2-7-13-8-6-11(15)14(12(13)16)9-10-4-3-5-10/h6,8,10H,2-5,7,9H2,1H3. The highest BCUT2D eigenvalue weighted by Gasteiger charge is 2.19. The second-order valence-corrected chi connectivity index (χ2v) is 4.54. The Morgan fingerprint density at radius 2 is 2.12 bits per heavy atom. The fraction of sp³-hybridized carbons (Fsp3) is 0.667. The molecule has 0 atom stereocenters. The maximum Gasteiger partial charge on any atom is 0.330 e. The van der Waals surface area contributed by atoms with E-state index in [1.807, 2.05) is 6.92 Å². The lowest BCUT2D eigenvalue weighted by molar-refractivity contribution is 0.267. The minimum Gasteiger partial charge on any atom is -0.300 e. The topological polar surface area (TPSA) is 44.0 Å². The summed E-state index contributed by atoms with van der Waals surface area (Å²) < 4.78 is 3.01. The fourth-order valence-corrected chi connectivity index (χ4v) is 2.07. The molecule has 1 aliphatic carbocycles. The Kier molecular flexibility index (Phi) is 3.27. The van der Waals surface area contributed by atoms with E-state index in [0.717, 1.165) is 19.3 Å². The molecule has 4 heteroatoms. The molecular weight excluding hydrogens is 204 g/mol. The first-order chi connectivity index (χ1) is 7.72. The first kappa shape index (κ1) is 11.2. The van der Waals surface area contributed by atoms with Gasteiger partial charge in [0.1, 0.15) is 0 Å². The van der Waals surface area contributed by atoms with Gasteiger partial charge in [-0.25, -0.2) is 4.79 Å². The zero-order chi connectivity index (χ0) is 11.5. The van der Waals surface area contributed by atoms with Crippen molar-refractivity contribution in [3.8, 4) is 0 Å². The van der Waals surface area contributed by atoms with Crippen LogP contribution in [0.5, 0.6) is 0 Å². The Bertz CT molecular complexity index is 469. The van der Waals surface area contributed by atoms with Crippen molar-refractivity contribution >= 4 is 0 Å². The molecule has 16 heavy (non-hydrogen) atoms. The maximum absolute atomic E-state index is 12.0. The molecule has 4 nitrogen and oxygen atoms in total. The Balaban J connectivity index is 2.30. The van der Waals surface area contributed by atoms with Crippen molar-refractivity contribution < 1.29 is 0 Å². The van der Waals surface area contributed by atoms with Crippen LogP contribution in [0.25, 0.3) is 0 Å². The molecule has 1 heterocycles. The molecule has 0 aliphatic heterocycles. The largest absolute Gasteiger partial charge is 0.330 e. The Hall–Kier alpha value is -1.32. The van der Waals surface area contributed by atoms with Crippen LogP contribution in [0.4, 0.5) is 0 Å². The van der Waals surface area contributed by atoms with Crippen LogP contribution in [-0.2, 0) is 13.1 Å². The summed E-state index contributed by atoms with van der Waals surface area (Å²) >= 11 is 0.